The van der Waals surface area contributed by atoms with Gasteiger partial charge in [-0.05, 0) is 62.6 Å². The highest BCUT2D eigenvalue weighted by Gasteiger charge is 2.44. The van der Waals surface area contributed by atoms with E-state index in [2.05, 4.69) is 0 Å². The molecule has 0 amide bonds. The Kier molecular flexibility index (Phi) is 9.35. The van der Waals surface area contributed by atoms with Crippen molar-refractivity contribution in [3.63, 3.8) is 0 Å². The summed E-state index contributed by atoms with van der Waals surface area (Å²) in [6.07, 6.45) is 3.41. The average Bonchev–Trinajstić information content (AvgIpc) is 3.07. The van der Waals surface area contributed by atoms with E-state index in [4.69, 9.17) is 4.42 Å². The van der Waals surface area contributed by atoms with Crippen molar-refractivity contribution in [3.8, 4) is 57.3 Å². The topological polar surface area (TPSA) is 229 Å². The molecule has 0 fully saturated rings. The Morgan fingerprint density at radius 2 is 1.52 bits per heavy atom. The number of aliphatic hydroxyl groups excluding tert-OH is 1. The molecule has 5 aromatic rings. The SMILES string of the molecule is CC1=C[C@H](c2c(O)cc3oc(-c4ccc(O)cc4O)cc(=O)c3c2O)[C@H](C(=O)c2ccc(O)c(C/C=C(\C)CO)c2O)[C@@H](c2ccc(O)cc2O)C1. The molecule has 0 unspecified atom stereocenters. The first-order valence-electron chi connectivity index (χ1n) is 16.3. The molecular weight excluding hydrogens is 672 g/mol. The molecule has 0 saturated carbocycles. The smallest absolute Gasteiger partial charge is 0.197 e. The third kappa shape index (κ3) is 6.35. The predicted molar refractivity (Wildman–Crippen MR) is 190 cm³/mol. The van der Waals surface area contributed by atoms with Crippen LogP contribution in [0.3, 0.4) is 0 Å². The molecule has 1 aliphatic rings. The number of aromatic hydroxyl groups is 8. The number of allylic oxidation sites excluding steroid dienone is 3. The van der Waals surface area contributed by atoms with E-state index >= 15 is 0 Å². The number of ketones is 1. The van der Waals surface area contributed by atoms with Crippen LogP contribution in [0.5, 0.6) is 46.0 Å². The first-order chi connectivity index (χ1) is 24.7. The summed E-state index contributed by atoms with van der Waals surface area (Å²) in [6.45, 7) is 3.15. The van der Waals surface area contributed by atoms with Crippen molar-refractivity contribution in [3.05, 3.63) is 116 Å². The van der Waals surface area contributed by atoms with Crippen LogP contribution in [0.4, 0.5) is 0 Å². The summed E-state index contributed by atoms with van der Waals surface area (Å²) in [5, 5.41) is 95.5. The van der Waals surface area contributed by atoms with Crippen molar-refractivity contribution in [2.75, 3.05) is 6.61 Å². The average molecular weight is 709 g/mol. The van der Waals surface area contributed by atoms with Gasteiger partial charge >= 0.3 is 0 Å². The Labute approximate surface area is 296 Å². The lowest BCUT2D eigenvalue weighted by Gasteiger charge is -2.37. The molecule has 4 aromatic carbocycles. The van der Waals surface area contributed by atoms with Crippen molar-refractivity contribution in [2.45, 2.75) is 38.5 Å². The number of fused-ring (bicyclic) bond motifs is 1. The molecule has 12 nitrogen and oxygen atoms in total. The largest absolute Gasteiger partial charge is 0.508 e. The lowest BCUT2D eigenvalue weighted by molar-refractivity contribution is 0.0876. The van der Waals surface area contributed by atoms with Crippen LogP contribution in [-0.2, 0) is 6.42 Å². The molecule has 12 heteroatoms. The summed E-state index contributed by atoms with van der Waals surface area (Å²) in [7, 11) is 0. The molecule has 0 bridgehead atoms. The van der Waals surface area contributed by atoms with Crippen molar-refractivity contribution in [2.24, 2.45) is 5.92 Å². The number of rotatable bonds is 8. The van der Waals surface area contributed by atoms with E-state index in [1.165, 1.54) is 36.4 Å². The summed E-state index contributed by atoms with van der Waals surface area (Å²) >= 11 is 0. The van der Waals surface area contributed by atoms with Crippen LogP contribution in [0, 0.1) is 5.92 Å². The Morgan fingerprint density at radius 3 is 2.19 bits per heavy atom. The molecule has 52 heavy (non-hydrogen) atoms. The Hall–Kier alpha value is -6.40. The number of carbonyl (C=O) groups excluding carboxylic acids is 1. The Bertz CT molecular complexity index is 2370. The summed E-state index contributed by atoms with van der Waals surface area (Å²) < 4.78 is 5.85. The van der Waals surface area contributed by atoms with E-state index in [0.29, 0.717) is 11.1 Å². The van der Waals surface area contributed by atoms with Gasteiger partial charge in [-0.25, -0.2) is 0 Å². The van der Waals surface area contributed by atoms with Gasteiger partial charge in [0.25, 0.3) is 0 Å². The number of Topliss-reactive ketones (excluding diaryl/α,β-unsaturated/α-hetero) is 1. The molecule has 0 radical (unpaired) electrons. The van der Waals surface area contributed by atoms with Gasteiger partial charge in [-0.1, -0.05) is 29.4 Å². The maximum absolute atomic E-state index is 14.8. The highest BCUT2D eigenvalue weighted by molar-refractivity contribution is 6.03. The van der Waals surface area contributed by atoms with Crippen molar-refractivity contribution >= 4 is 16.8 Å². The van der Waals surface area contributed by atoms with Gasteiger partial charge in [0.2, 0.25) is 0 Å². The maximum atomic E-state index is 14.8. The number of carbonyl (C=O) groups is 1. The Morgan fingerprint density at radius 1 is 0.827 bits per heavy atom. The van der Waals surface area contributed by atoms with Crippen LogP contribution in [0.1, 0.15) is 59.2 Å². The fourth-order valence-electron chi connectivity index (χ4n) is 7.00. The van der Waals surface area contributed by atoms with Crippen molar-refractivity contribution < 1.29 is 55.2 Å². The lowest BCUT2D eigenvalue weighted by Crippen LogP contribution is -2.32. The van der Waals surface area contributed by atoms with Gasteiger partial charge in [0, 0.05) is 53.1 Å². The molecular formula is C40H36O12. The summed E-state index contributed by atoms with van der Waals surface area (Å²) in [5.41, 5.74) is 0.184. The number of phenols is 8. The van der Waals surface area contributed by atoms with E-state index in [1.54, 1.807) is 26.0 Å². The molecule has 3 atom stereocenters. The van der Waals surface area contributed by atoms with Crippen LogP contribution in [0.2, 0.25) is 0 Å². The van der Waals surface area contributed by atoms with Gasteiger partial charge in [-0.3, -0.25) is 9.59 Å². The number of phenolic OH excluding ortho intramolecular Hbond substituents is 8. The van der Waals surface area contributed by atoms with Gasteiger partial charge < -0.3 is 50.4 Å². The van der Waals surface area contributed by atoms with Crippen LogP contribution in [0.15, 0.2) is 93.2 Å². The van der Waals surface area contributed by atoms with Gasteiger partial charge in [0.1, 0.15) is 62.7 Å². The fourth-order valence-corrected chi connectivity index (χ4v) is 7.00. The summed E-state index contributed by atoms with van der Waals surface area (Å²) in [4.78, 5) is 28.4. The number of aliphatic hydroxyl groups is 1. The quantitative estimate of drug-likeness (QED) is 0.0639. The van der Waals surface area contributed by atoms with E-state index in [-0.39, 0.29) is 92.7 Å². The van der Waals surface area contributed by atoms with Gasteiger partial charge in [0.15, 0.2) is 11.2 Å². The first kappa shape index (κ1) is 35.4. The minimum atomic E-state index is -1.26. The van der Waals surface area contributed by atoms with Crippen molar-refractivity contribution in [1.82, 2.24) is 0 Å². The molecule has 0 spiro atoms. The third-order valence-electron chi connectivity index (χ3n) is 9.56. The second-order valence-electron chi connectivity index (χ2n) is 13.1. The van der Waals surface area contributed by atoms with E-state index < -0.39 is 46.2 Å². The molecule has 6 rings (SSSR count). The molecule has 0 saturated heterocycles. The van der Waals surface area contributed by atoms with Crippen LogP contribution >= 0.6 is 0 Å². The maximum Gasteiger partial charge on any atom is 0.197 e. The Balaban J connectivity index is 1.56. The van der Waals surface area contributed by atoms with Gasteiger partial charge in [-0.2, -0.15) is 0 Å². The normalized spacial score (nSPS) is 17.6. The van der Waals surface area contributed by atoms with Crippen molar-refractivity contribution in [1.29, 1.82) is 0 Å². The fraction of sp³-hybridized carbons (Fsp3) is 0.200. The molecule has 268 valence electrons. The van der Waals surface area contributed by atoms with E-state index in [9.17, 15) is 55.5 Å². The van der Waals surface area contributed by atoms with E-state index in [0.717, 1.165) is 24.3 Å². The second-order valence-corrected chi connectivity index (χ2v) is 13.1. The second kappa shape index (κ2) is 13.7. The van der Waals surface area contributed by atoms with E-state index in [1.807, 2.05) is 0 Å². The predicted octanol–water partition coefficient (Wildman–Crippen LogP) is 6.30. The zero-order chi connectivity index (χ0) is 37.6. The lowest BCUT2D eigenvalue weighted by atomic mass is 9.65. The number of hydrogen-bond acceptors (Lipinski definition) is 12. The highest BCUT2D eigenvalue weighted by atomic mass is 16.3. The molecule has 1 aliphatic carbocycles. The van der Waals surface area contributed by atoms with Crippen LogP contribution in [0.25, 0.3) is 22.3 Å². The minimum absolute atomic E-state index is 0.0197. The molecule has 0 aliphatic heterocycles. The number of benzene rings is 4. The van der Waals surface area contributed by atoms with Crippen LogP contribution in [-0.4, -0.2) is 58.3 Å². The standard InChI is InChI=1S/C40H36O12/c1-18(17-41)3-6-24-28(44)10-9-25(38(24)49)39(50)35-26(22-7-4-20(42)13-29(22)45)11-19(2)12-27(35)36-31(47)16-34-37(40(36)51)32(48)15-33(52-34)23-8-5-21(43)14-30(23)46/h3-5,7-10,12-16,26-27,35,41-47,49,51H,6,11,17H2,1-2H3/b18-3+/t26-,27+,35-/m1/s1. The van der Waals surface area contributed by atoms with Gasteiger partial charge in [-0.15, -0.1) is 0 Å². The monoisotopic (exact) mass is 708 g/mol. The highest BCUT2D eigenvalue weighted by Crippen LogP contribution is 2.54. The first-order valence-corrected chi connectivity index (χ1v) is 16.3. The molecule has 9 N–H and O–H groups in total. The zero-order valence-electron chi connectivity index (χ0n) is 28.0. The summed E-state index contributed by atoms with van der Waals surface area (Å²) in [5.74, 6) is -7.32. The number of hydrogen-bond donors (Lipinski definition) is 9. The minimum Gasteiger partial charge on any atom is -0.508 e. The third-order valence-corrected chi connectivity index (χ3v) is 9.56. The molecule has 1 heterocycles. The van der Waals surface area contributed by atoms with Crippen LogP contribution < -0.4 is 5.43 Å². The summed E-state index contributed by atoms with van der Waals surface area (Å²) in [6, 6.07) is 12.2. The zero-order valence-corrected chi connectivity index (χ0v) is 28.0. The molecule has 1 aromatic heterocycles. The van der Waals surface area contributed by atoms with Gasteiger partial charge in [0.05, 0.1) is 17.7 Å².